The van der Waals surface area contributed by atoms with Crippen LogP contribution in [-0.4, -0.2) is 41.6 Å². The minimum atomic E-state index is -1.43. The van der Waals surface area contributed by atoms with Crippen molar-refractivity contribution in [3.05, 3.63) is 65.7 Å². The Bertz CT molecular complexity index is 677. The molecule has 0 fully saturated rings. The highest BCUT2D eigenvalue weighted by Crippen LogP contribution is 2.00. The predicted octanol–water partition coefficient (Wildman–Crippen LogP) is 1.69. The SMILES string of the molecule is CCO[SiH](C)c1ccccc1C(=O)NC.CNC(=O)c1ccccc1. The van der Waals surface area contributed by atoms with Gasteiger partial charge in [-0.2, -0.15) is 0 Å². The van der Waals surface area contributed by atoms with Crippen molar-refractivity contribution < 1.29 is 14.0 Å². The summed E-state index contributed by atoms with van der Waals surface area (Å²) >= 11 is 0. The van der Waals surface area contributed by atoms with Crippen molar-refractivity contribution in [1.82, 2.24) is 10.6 Å². The van der Waals surface area contributed by atoms with E-state index in [9.17, 15) is 9.59 Å². The number of hydrogen-bond donors (Lipinski definition) is 2. The first-order valence-corrected chi connectivity index (χ1v) is 10.4. The summed E-state index contributed by atoms with van der Waals surface area (Å²) in [7, 11) is 1.83. The number of nitrogens with one attached hydrogen (secondary N) is 2. The molecule has 1 unspecified atom stereocenters. The molecule has 2 rings (SSSR count). The predicted molar refractivity (Wildman–Crippen MR) is 104 cm³/mol. The zero-order chi connectivity index (χ0) is 18.7. The number of rotatable bonds is 5. The minimum absolute atomic E-state index is 0.0374. The van der Waals surface area contributed by atoms with Crippen molar-refractivity contribution in [2.45, 2.75) is 13.5 Å². The standard InChI is InChI=1S/C11H17NO2Si.C8H9NO/c1-4-14-15(3)10-8-6-5-7-9(10)11(13)12-2;1-9-8(10)7-5-3-2-4-6-7/h5-8,15H,4H2,1-3H3,(H,12,13);2-6H,1H3,(H,9,10). The van der Waals surface area contributed by atoms with Gasteiger partial charge < -0.3 is 15.1 Å². The molecule has 25 heavy (non-hydrogen) atoms. The first-order chi connectivity index (χ1) is 12.0. The number of amides is 2. The van der Waals surface area contributed by atoms with E-state index < -0.39 is 9.04 Å². The van der Waals surface area contributed by atoms with E-state index >= 15 is 0 Å². The molecule has 0 saturated carbocycles. The number of carbonyl (C=O) groups is 2. The van der Waals surface area contributed by atoms with Crippen LogP contribution in [0, 0.1) is 0 Å². The highest BCUT2D eigenvalue weighted by molar-refractivity contribution is 6.67. The Kier molecular flexibility index (Phi) is 9.21. The zero-order valence-corrected chi connectivity index (χ0v) is 16.4. The van der Waals surface area contributed by atoms with Crippen LogP contribution in [0.3, 0.4) is 0 Å². The second-order valence-electron chi connectivity index (χ2n) is 5.21. The van der Waals surface area contributed by atoms with E-state index in [1.165, 1.54) is 0 Å². The van der Waals surface area contributed by atoms with Crippen LogP contribution in [0.2, 0.25) is 6.55 Å². The number of hydrogen-bond acceptors (Lipinski definition) is 3. The molecule has 0 spiro atoms. The van der Waals surface area contributed by atoms with Gasteiger partial charge in [-0.15, -0.1) is 0 Å². The van der Waals surface area contributed by atoms with Crippen LogP contribution in [0.5, 0.6) is 0 Å². The fraction of sp³-hybridized carbons (Fsp3) is 0.263. The van der Waals surface area contributed by atoms with E-state index in [-0.39, 0.29) is 11.8 Å². The maximum Gasteiger partial charge on any atom is 0.251 e. The number of carbonyl (C=O) groups excluding carboxylic acids is 2. The summed E-state index contributed by atoms with van der Waals surface area (Å²) < 4.78 is 5.62. The Morgan fingerprint density at radius 3 is 2.04 bits per heavy atom. The third kappa shape index (κ3) is 6.52. The van der Waals surface area contributed by atoms with Crippen LogP contribution in [0.25, 0.3) is 0 Å². The number of benzene rings is 2. The van der Waals surface area contributed by atoms with Gasteiger partial charge in [0.25, 0.3) is 11.8 Å². The highest BCUT2D eigenvalue weighted by atomic mass is 28.3. The third-order valence-corrected chi connectivity index (χ3v) is 5.76. The first kappa shape index (κ1) is 20.6. The van der Waals surface area contributed by atoms with Gasteiger partial charge in [0.1, 0.15) is 0 Å². The van der Waals surface area contributed by atoms with Crippen molar-refractivity contribution >= 4 is 26.0 Å². The van der Waals surface area contributed by atoms with Crippen LogP contribution in [-0.2, 0) is 4.43 Å². The summed E-state index contributed by atoms with van der Waals surface area (Å²) in [6.07, 6.45) is 0. The molecule has 0 bridgehead atoms. The van der Waals surface area contributed by atoms with Gasteiger partial charge in [-0.05, 0) is 36.9 Å². The fourth-order valence-corrected chi connectivity index (χ4v) is 3.99. The van der Waals surface area contributed by atoms with E-state index in [4.69, 9.17) is 4.43 Å². The molecule has 2 aromatic carbocycles. The quantitative estimate of drug-likeness (QED) is 0.800. The zero-order valence-electron chi connectivity index (χ0n) is 15.2. The Labute approximate surface area is 151 Å². The molecule has 2 aromatic rings. The largest absolute Gasteiger partial charge is 0.416 e. The fourth-order valence-electron chi connectivity index (χ4n) is 2.27. The monoisotopic (exact) mass is 358 g/mol. The van der Waals surface area contributed by atoms with Crippen molar-refractivity contribution in [3.63, 3.8) is 0 Å². The molecule has 0 aliphatic rings. The molecule has 0 aromatic heterocycles. The maximum atomic E-state index is 11.6. The lowest BCUT2D eigenvalue weighted by molar-refractivity contribution is 0.0955. The molecular weight excluding hydrogens is 332 g/mol. The lowest BCUT2D eigenvalue weighted by Gasteiger charge is -2.13. The Morgan fingerprint density at radius 1 is 0.920 bits per heavy atom. The van der Waals surface area contributed by atoms with Gasteiger partial charge in [-0.1, -0.05) is 36.4 Å². The molecule has 5 nitrogen and oxygen atoms in total. The average molecular weight is 359 g/mol. The lowest BCUT2D eigenvalue weighted by Crippen LogP contribution is -2.37. The van der Waals surface area contributed by atoms with Crippen LogP contribution in [0.1, 0.15) is 27.6 Å². The van der Waals surface area contributed by atoms with Gasteiger partial charge in [0.2, 0.25) is 9.04 Å². The molecule has 0 aliphatic carbocycles. The van der Waals surface area contributed by atoms with Crippen LogP contribution >= 0.6 is 0 Å². The van der Waals surface area contributed by atoms with Crippen molar-refractivity contribution in [2.24, 2.45) is 0 Å². The van der Waals surface area contributed by atoms with Crippen molar-refractivity contribution in [1.29, 1.82) is 0 Å². The third-order valence-electron chi connectivity index (χ3n) is 3.55. The molecule has 0 aliphatic heterocycles. The first-order valence-electron chi connectivity index (χ1n) is 8.24. The summed E-state index contributed by atoms with van der Waals surface area (Å²) in [5.74, 6) is -0.0785. The van der Waals surface area contributed by atoms with E-state index in [0.717, 1.165) is 10.8 Å². The minimum Gasteiger partial charge on any atom is -0.416 e. The molecule has 6 heteroatoms. The molecule has 134 valence electrons. The molecule has 0 radical (unpaired) electrons. The van der Waals surface area contributed by atoms with E-state index in [0.29, 0.717) is 12.2 Å². The summed E-state index contributed by atoms with van der Waals surface area (Å²) in [4.78, 5) is 22.5. The molecule has 0 heterocycles. The van der Waals surface area contributed by atoms with Crippen LogP contribution in [0.4, 0.5) is 0 Å². The van der Waals surface area contributed by atoms with Crippen molar-refractivity contribution in [2.75, 3.05) is 20.7 Å². The van der Waals surface area contributed by atoms with Gasteiger partial charge in [0, 0.05) is 31.8 Å². The normalized spacial score (nSPS) is 10.9. The summed E-state index contributed by atoms with van der Waals surface area (Å²) in [6, 6.07) is 16.8. The van der Waals surface area contributed by atoms with Gasteiger partial charge in [0.15, 0.2) is 0 Å². The second kappa shape index (κ2) is 11.2. The molecule has 2 amide bonds. The molecule has 1 atom stereocenters. The van der Waals surface area contributed by atoms with E-state index in [2.05, 4.69) is 17.2 Å². The second-order valence-corrected chi connectivity index (χ2v) is 7.45. The van der Waals surface area contributed by atoms with Gasteiger partial charge in [-0.3, -0.25) is 9.59 Å². The molecular formula is C19H26N2O3Si. The van der Waals surface area contributed by atoms with Crippen LogP contribution in [0.15, 0.2) is 54.6 Å². The Balaban J connectivity index is 0.000000271. The van der Waals surface area contributed by atoms with Crippen LogP contribution < -0.4 is 15.8 Å². The summed E-state index contributed by atoms with van der Waals surface area (Å²) in [5.41, 5.74) is 1.44. The summed E-state index contributed by atoms with van der Waals surface area (Å²) in [6.45, 7) is 4.77. The smallest absolute Gasteiger partial charge is 0.251 e. The molecule has 2 N–H and O–H groups in total. The Morgan fingerprint density at radius 2 is 1.48 bits per heavy atom. The summed E-state index contributed by atoms with van der Waals surface area (Å²) in [5, 5.41) is 6.26. The van der Waals surface area contributed by atoms with Gasteiger partial charge in [0.05, 0.1) is 0 Å². The van der Waals surface area contributed by atoms with Gasteiger partial charge in [-0.25, -0.2) is 0 Å². The Hall–Kier alpha value is -2.44. The maximum absolute atomic E-state index is 11.6. The van der Waals surface area contributed by atoms with Crippen molar-refractivity contribution in [3.8, 4) is 0 Å². The molecule has 0 saturated heterocycles. The topological polar surface area (TPSA) is 67.4 Å². The van der Waals surface area contributed by atoms with E-state index in [1.807, 2.05) is 49.4 Å². The van der Waals surface area contributed by atoms with E-state index in [1.54, 1.807) is 26.2 Å². The van der Waals surface area contributed by atoms with Gasteiger partial charge >= 0.3 is 0 Å². The highest BCUT2D eigenvalue weighted by Gasteiger charge is 2.15. The average Bonchev–Trinajstić information content (AvgIpc) is 2.68. The lowest BCUT2D eigenvalue weighted by atomic mass is 10.2.